The predicted molar refractivity (Wildman–Crippen MR) is 80.1 cm³/mol. The van der Waals surface area contributed by atoms with Gasteiger partial charge in [-0.1, -0.05) is 19.1 Å². The van der Waals surface area contributed by atoms with Gasteiger partial charge in [0.25, 0.3) is 0 Å². The molecule has 21 heavy (non-hydrogen) atoms. The Morgan fingerprint density at radius 3 is 3.00 bits per heavy atom. The van der Waals surface area contributed by atoms with E-state index in [-0.39, 0.29) is 0 Å². The minimum absolute atomic E-state index is 0.294. The molecule has 1 atom stereocenters. The van der Waals surface area contributed by atoms with E-state index >= 15 is 0 Å². The predicted octanol–water partition coefficient (Wildman–Crippen LogP) is 0.782. The highest BCUT2D eigenvalue weighted by Crippen LogP contribution is 2.36. The number of hydrogen-bond acceptors (Lipinski definition) is 6. The van der Waals surface area contributed by atoms with Gasteiger partial charge < -0.3 is 24.8 Å². The SMILES string of the molecule is CCNCCOC1(C2=NCCN2)COc2ccccc2O1. The number of rotatable bonds is 6. The van der Waals surface area contributed by atoms with Crippen molar-refractivity contribution < 1.29 is 14.2 Å². The molecular weight excluding hydrogens is 270 g/mol. The lowest BCUT2D eigenvalue weighted by Gasteiger charge is -2.37. The molecule has 2 aliphatic heterocycles. The number of nitrogens with zero attached hydrogens (tertiary/aromatic N) is 1. The van der Waals surface area contributed by atoms with Gasteiger partial charge in [-0.3, -0.25) is 4.99 Å². The first-order valence-electron chi connectivity index (χ1n) is 7.38. The summed E-state index contributed by atoms with van der Waals surface area (Å²) >= 11 is 0. The Bertz CT molecular complexity index is 521. The summed E-state index contributed by atoms with van der Waals surface area (Å²) in [5, 5.41) is 6.47. The van der Waals surface area contributed by atoms with Crippen molar-refractivity contribution in [2.24, 2.45) is 4.99 Å². The Balaban J connectivity index is 1.77. The van der Waals surface area contributed by atoms with Crippen LogP contribution in [-0.4, -0.2) is 51.0 Å². The molecule has 114 valence electrons. The maximum atomic E-state index is 6.12. The van der Waals surface area contributed by atoms with Crippen LogP contribution in [-0.2, 0) is 4.74 Å². The standard InChI is InChI=1S/C15H21N3O3/c1-2-16-9-10-20-15(14-17-7-8-18-14)11-19-12-5-3-4-6-13(12)21-15/h3-6,16H,2,7-11H2,1H3,(H,17,18). The summed E-state index contributed by atoms with van der Waals surface area (Å²) in [5.74, 6) is 1.17. The normalized spacial score (nSPS) is 23.6. The molecule has 2 aliphatic rings. The van der Waals surface area contributed by atoms with Gasteiger partial charge in [0.05, 0.1) is 13.2 Å². The van der Waals surface area contributed by atoms with Gasteiger partial charge in [0.1, 0.15) is 0 Å². The topological polar surface area (TPSA) is 64.1 Å². The zero-order valence-corrected chi connectivity index (χ0v) is 12.2. The van der Waals surface area contributed by atoms with E-state index in [1.165, 1.54) is 0 Å². The molecule has 0 fully saturated rings. The first-order valence-corrected chi connectivity index (χ1v) is 7.38. The molecule has 0 spiro atoms. The molecule has 0 saturated heterocycles. The van der Waals surface area contributed by atoms with Crippen LogP contribution in [0, 0.1) is 0 Å². The van der Waals surface area contributed by atoms with Gasteiger partial charge in [-0.15, -0.1) is 0 Å². The quantitative estimate of drug-likeness (QED) is 0.758. The lowest BCUT2D eigenvalue weighted by atomic mass is 10.2. The molecule has 3 rings (SSSR count). The number of benzene rings is 1. The van der Waals surface area contributed by atoms with E-state index in [4.69, 9.17) is 14.2 Å². The van der Waals surface area contributed by atoms with Crippen LogP contribution in [0.4, 0.5) is 0 Å². The van der Waals surface area contributed by atoms with Crippen LogP contribution in [0.3, 0.4) is 0 Å². The van der Waals surface area contributed by atoms with Gasteiger partial charge in [0, 0.05) is 13.1 Å². The third kappa shape index (κ3) is 2.96. The summed E-state index contributed by atoms with van der Waals surface area (Å²) < 4.78 is 17.9. The fraction of sp³-hybridized carbons (Fsp3) is 0.533. The highest BCUT2D eigenvalue weighted by atomic mass is 16.7. The van der Waals surface area contributed by atoms with Gasteiger partial charge in [-0.05, 0) is 18.7 Å². The number of fused-ring (bicyclic) bond motifs is 1. The average molecular weight is 291 g/mol. The van der Waals surface area contributed by atoms with E-state index in [0.717, 1.165) is 31.9 Å². The summed E-state index contributed by atoms with van der Waals surface area (Å²) in [6, 6.07) is 7.61. The Hall–Kier alpha value is -1.79. The van der Waals surface area contributed by atoms with E-state index in [1.807, 2.05) is 24.3 Å². The molecule has 6 heteroatoms. The van der Waals surface area contributed by atoms with E-state index in [1.54, 1.807) is 0 Å². The van der Waals surface area contributed by atoms with Crippen LogP contribution in [0.15, 0.2) is 29.3 Å². The van der Waals surface area contributed by atoms with Crippen molar-refractivity contribution in [3.8, 4) is 11.5 Å². The van der Waals surface area contributed by atoms with Crippen molar-refractivity contribution in [3.63, 3.8) is 0 Å². The fourth-order valence-corrected chi connectivity index (χ4v) is 2.41. The molecule has 1 aromatic rings. The minimum Gasteiger partial charge on any atom is -0.482 e. The fourth-order valence-electron chi connectivity index (χ4n) is 2.41. The molecule has 2 heterocycles. The van der Waals surface area contributed by atoms with Crippen LogP contribution >= 0.6 is 0 Å². The van der Waals surface area contributed by atoms with Gasteiger partial charge in [0.15, 0.2) is 23.9 Å². The molecule has 0 bridgehead atoms. The summed E-state index contributed by atoms with van der Waals surface area (Å²) in [6.45, 7) is 6.10. The zero-order chi connectivity index (χ0) is 14.5. The maximum absolute atomic E-state index is 6.12. The second kappa shape index (κ2) is 6.32. The van der Waals surface area contributed by atoms with Gasteiger partial charge in [0.2, 0.25) is 0 Å². The molecule has 1 aromatic carbocycles. The number of aliphatic imine (C=N–C) groups is 1. The summed E-state index contributed by atoms with van der Waals surface area (Å²) in [4.78, 5) is 4.46. The Kier molecular flexibility index (Phi) is 4.26. The summed E-state index contributed by atoms with van der Waals surface area (Å²) in [6.07, 6.45) is 0. The number of hydrogen-bond donors (Lipinski definition) is 2. The molecule has 1 unspecified atom stereocenters. The number of likely N-dealkylation sites (N-methyl/N-ethyl adjacent to an activating group) is 1. The molecule has 0 aliphatic carbocycles. The minimum atomic E-state index is -0.972. The van der Waals surface area contributed by atoms with E-state index in [2.05, 4.69) is 22.5 Å². The highest BCUT2D eigenvalue weighted by molar-refractivity contribution is 5.91. The van der Waals surface area contributed by atoms with E-state index in [9.17, 15) is 0 Å². The van der Waals surface area contributed by atoms with Crippen LogP contribution in [0.2, 0.25) is 0 Å². The molecule has 0 saturated carbocycles. The van der Waals surface area contributed by atoms with Crippen molar-refractivity contribution in [3.05, 3.63) is 24.3 Å². The van der Waals surface area contributed by atoms with Crippen LogP contribution in [0.25, 0.3) is 0 Å². The van der Waals surface area contributed by atoms with Gasteiger partial charge in [-0.25, -0.2) is 0 Å². The van der Waals surface area contributed by atoms with Crippen molar-refractivity contribution in [2.75, 3.05) is 39.4 Å². The number of para-hydroxylation sites is 2. The number of nitrogens with one attached hydrogen (secondary N) is 2. The Morgan fingerprint density at radius 1 is 1.38 bits per heavy atom. The molecular formula is C15H21N3O3. The number of ether oxygens (including phenoxy) is 3. The second-order valence-corrected chi connectivity index (χ2v) is 4.95. The van der Waals surface area contributed by atoms with Gasteiger partial charge >= 0.3 is 5.79 Å². The van der Waals surface area contributed by atoms with Crippen molar-refractivity contribution in [1.29, 1.82) is 0 Å². The summed E-state index contributed by atoms with van der Waals surface area (Å²) in [5.41, 5.74) is 0. The largest absolute Gasteiger partial charge is 0.482 e. The Labute approximate surface area is 124 Å². The third-order valence-electron chi connectivity index (χ3n) is 3.44. The van der Waals surface area contributed by atoms with E-state index < -0.39 is 5.79 Å². The molecule has 0 aromatic heterocycles. The zero-order valence-electron chi connectivity index (χ0n) is 12.2. The first-order chi connectivity index (χ1) is 10.3. The second-order valence-electron chi connectivity index (χ2n) is 4.95. The van der Waals surface area contributed by atoms with Gasteiger partial charge in [-0.2, -0.15) is 0 Å². The third-order valence-corrected chi connectivity index (χ3v) is 3.44. The molecule has 2 N–H and O–H groups in total. The smallest absolute Gasteiger partial charge is 0.304 e. The van der Waals surface area contributed by atoms with Crippen molar-refractivity contribution in [1.82, 2.24) is 10.6 Å². The lowest BCUT2D eigenvalue weighted by Crippen LogP contribution is -2.58. The van der Waals surface area contributed by atoms with Crippen LogP contribution in [0.5, 0.6) is 11.5 Å². The molecule has 0 radical (unpaired) electrons. The average Bonchev–Trinajstić information content (AvgIpc) is 3.06. The number of amidine groups is 1. The summed E-state index contributed by atoms with van der Waals surface area (Å²) in [7, 11) is 0. The van der Waals surface area contributed by atoms with Crippen molar-refractivity contribution in [2.45, 2.75) is 12.7 Å². The van der Waals surface area contributed by atoms with Crippen LogP contribution in [0.1, 0.15) is 6.92 Å². The lowest BCUT2D eigenvalue weighted by molar-refractivity contribution is -0.163. The first kappa shape index (κ1) is 14.2. The monoisotopic (exact) mass is 291 g/mol. The van der Waals surface area contributed by atoms with E-state index in [0.29, 0.717) is 24.8 Å². The van der Waals surface area contributed by atoms with Crippen LogP contribution < -0.4 is 20.1 Å². The van der Waals surface area contributed by atoms with Crippen molar-refractivity contribution >= 4 is 5.84 Å². The Morgan fingerprint density at radius 2 is 2.24 bits per heavy atom. The highest BCUT2D eigenvalue weighted by Gasteiger charge is 2.45. The maximum Gasteiger partial charge on any atom is 0.304 e. The molecule has 6 nitrogen and oxygen atoms in total. The molecule has 0 amide bonds.